The molecule has 0 aliphatic heterocycles. The number of hydrogen-bond donors (Lipinski definition) is 4. The number of hydrogen-bond acceptors (Lipinski definition) is 5. The summed E-state index contributed by atoms with van der Waals surface area (Å²) in [5.41, 5.74) is -1.88. The third-order valence-electron chi connectivity index (χ3n) is 2.09. The molecule has 0 radical (unpaired) electrons. The van der Waals surface area contributed by atoms with Gasteiger partial charge in [0.15, 0.2) is 5.65 Å². The Morgan fingerprint density at radius 3 is 2.81 bits per heavy atom. The van der Waals surface area contributed by atoms with Crippen LogP contribution in [0.3, 0.4) is 0 Å². The van der Waals surface area contributed by atoms with Crippen molar-refractivity contribution in [3.05, 3.63) is 39.8 Å². The fourth-order valence-corrected chi connectivity index (χ4v) is 1.30. The lowest BCUT2D eigenvalue weighted by Crippen LogP contribution is -2.48. The summed E-state index contributed by atoms with van der Waals surface area (Å²) in [5, 5.41) is 18.8. The second-order valence-electron chi connectivity index (χ2n) is 3.09. The van der Waals surface area contributed by atoms with E-state index in [1.54, 1.807) is 0 Å². The Morgan fingerprint density at radius 2 is 2.19 bits per heavy atom. The van der Waals surface area contributed by atoms with Gasteiger partial charge in [-0.05, 0) is 6.08 Å². The molecule has 2 aromatic rings. The van der Waals surface area contributed by atoms with Crippen LogP contribution < -0.4 is 11.2 Å². The average Bonchev–Trinajstić information content (AvgIpc) is 2.65. The monoisotopic (exact) mass is 224 g/mol. The zero-order valence-electron chi connectivity index (χ0n) is 7.97. The van der Waals surface area contributed by atoms with Crippen LogP contribution in [0, 0.1) is 0 Å². The molecule has 4 N–H and O–H groups in total. The van der Waals surface area contributed by atoms with E-state index in [0.29, 0.717) is 6.08 Å². The van der Waals surface area contributed by atoms with Crippen molar-refractivity contribution in [2.45, 2.75) is 5.91 Å². The summed E-state index contributed by atoms with van der Waals surface area (Å²) in [4.78, 5) is 31.5. The highest BCUT2D eigenvalue weighted by Crippen LogP contribution is 2.04. The highest BCUT2D eigenvalue weighted by atomic mass is 16.5. The van der Waals surface area contributed by atoms with Gasteiger partial charge in [0.1, 0.15) is 5.52 Å². The van der Waals surface area contributed by atoms with E-state index in [-0.39, 0.29) is 15.7 Å². The number of imidazole rings is 1. The minimum atomic E-state index is -2.75. The van der Waals surface area contributed by atoms with Gasteiger partial charge in [-0.2, -0.15) is 0 Å². The fraction of sp³-hybridized carbons (Fsp3) is 0.125. The van der Waals surface area contributed by atoms with Gasteiger partial charge in [-0.1, -0.05) is 6.58 Å². The summed E-state index contributed by atoms with van der Waals surface area (Å²) < 4.78 is 0.223. The van der Waals surface area contributed by atoms with Gasteiger partial charge in [0.2, 0.25) is 0 Å². The van der Waals surface area contributed by atoms with Crippen LogP contribution in [-0.4, -0.2) is 29.7 Å². The predicted octanol–water partition coefficient (Wildman–Crippen LogP) is -1.81. The summed E-state index contributed by atoms with van der Waals surface area (Å²) in [5.74, 6) is -2.75. The van der Waals surface area contributed by atoms with Gasteiger partial charge in [-0.15, -0.1) is 0 Å². The van der Waals surface area contributed by atoms with Crippen LogP contribution in [0.25, 0.3) is 11.2 Å². The van der Waals surface area contributed by atoms with Gasteiger partial charge >= 0.3 is 5.69 Å². The van der Waals surface area contributed by atoms with Crippen molar-refractivity contribution >= 4 is 11.2 Å². The Labute approximate surface area is 87.5 Å². The number of rotatable bonds is 2. The van der Waals surface area contributed by atoms with Crippen LogP contribution in [-0.2, 0) is 5.91 Å². The largest absolute Gasteiger partial charge is 0.345 e. The quantitative estimate of drug-likeness (QED) is 0.353. The third kappa shape index (κ3) is 1.28. The van der Waals surface area contributed by atoms with Crippen LogP contribution in [0.15, 0.2) is 28.6 Å². The van der Waals surface area contributed by atoms with Crippen molar-refractivity contribution in [1.29, 1.82) is 0 Å². The summed E-state index contributed by atoms with van der Waals surface area (Å²) in [7, 11) is 0. The molecular formula is C8H8N4O4. The standard InChI is InChI=1S/C8H8N4O4/c1-2-8(15,16)12-6(13)4-5(10-3-9-4)11-7(12)14/h2-3,15-16H,1H2,(H,9,10)(H,11,14). The van der Waals surface area contributed by atoms with Crippen LogP contribution >= 0.6 is 0 Å². The zero-order valence-corrected chi connectivity index (χ0v) is 7.97. The smallest absolute Gasteiger partial charge is 0.334 e. The molecule has 2 rings (SSSR count). The number of aromatic nitrogens is 4. The Hall–Kier alpha value is -2.19. The molecule has 0 aromatic carbocycles. The highest BCUT2D eigenvalue weighted by molar-refractivity contribution is 5.67. The predicted molar refractivity (Wildman–Crippen MR) is 53.6 cm³/mol. The lowest BCUT2D eigenvalue weighted by atomic mass is 10.4. The number of aliphatic hydroxyl groups is 2. The summed E-state index contributed by atoms with van der Waals surface area (Å²) >= 11 is 0. The molecule has 8 nitrogen and oxygen atoms in total. The maximum atomic E-state index is 11.7. The van der Waals surface area contributed by atoms with Gasteiger partial charge in [0, 0.05) is 0 Å². The van der Waals surface area contributed by atoms with E-state index >= 15 is 0 Å². The first-order chi connectivity index (χ1) is 7.47. The van der Waals surface area contributed by atoms with Gasteiger partial charge in [0.05, 0.1) is 6.33 Å². The summed E-state index contributed by atoms with van der Waals surface area (Å²) in [6, 6.07) is 0. The number of nitrogens with zero attached hydrogens (tertiary/aromatic N) is 2. The van der Waals surface area contributed by atoms with E-state index < -0.39 is 17.2 Å². The maximum absolute atomic E-state index is 11.7. The molecule has 2 aromatic heterocycles. The molecule has 0 saturated carbocycles. The third-order valence-corrected chi connectivity index (χ3v) is 2.09. The van der Waals surface area contributed by atoms with Crippen LogP contribution in [0.1, 0.15) is 0 Å². The Morgan fingerprint density at radius 1 is 1.50 bits per heavy atom. The maximum Gasteiger partial charge on any atom is 0.334 e. The minimum Gasteiger partial charge on any atom is -0.345 e. The second kappa shape index (κ2) is 3.15. The number of H-pyrrole nitrogens is 2. The van der Waals surface area contributed by atoms with E-state index in [9.17, 15) is 19.8 Å². The molecule has 8 heteroatoms. The molecular weight excluding hydrogens is 216 g/mol. The van der Waals surface area contributed by atoms with Gasteiger partial charge in [0.25, 0.3) is 11.5 Å². The lowest BCUT2D eigenvalue weighted by molar-refractivity contribution is -0.189. The van der Waals surface area contributed by atoms with E-state index in [4.69, 9.17) is 0 Å². The summed E-state index contributed by atoms with van der Waals surface area (Å²) in [6.45, 7) is 3.12. The van der Waals surface area contributed by atoms with Crippen molar-refractivity contribution in [2.75, 3.05) is 0 Å². The Bertz CT molecular complexity index is 662. The topological polar surface area (TPSA) is 124 Å². The highest BCUT2D eigenvalue weighted by Gasteiger charge is 2.26. The first kappa shape index (κ1) is 10.3. The van der Waals surface area contributed by atoms with E-state index in [0.717, 1.165) is 0 Å². The van der Waals surface area contributed by atoms with Crippen LogP contribution in [0.2, 0.25) is 0 Å². The number of fused-ring (bicyclic) bond motifs is 1. The first-order valence-electron chi connectivity index (χ1n) is 4.24. The van der Waals surface area contributed by atoms with Crippen molar-refractivity contribution < 1.29 is 10.2 Å². The molecule has 0 atom stereocenters. The molecule has 0 saturated heterocycles. The van der Waals surface area contributed by atoms with Gasteiger partial charge < -0.3 is 15.2 Å². The Balaban J connectivity index is 2.95. The van der Waals surface area contributed by atoms with Gasteiger partial charge in [-0.3, -0.25) is 9.78 Å². The van der Waals surface area contributed by atoms with E-state index in [1.807, 2.05) is 0 Å². The van der Waals surface area contributed by atoms with Crippen molar-refractivity contribution in [2.24, 2.45) is 0 Å². The molecule has 0 spiro atoms. The number of nitrogens with one attached hydrogen (secondary N) is 2. The fourth-order valence-electron chi connectivity index (χ4n) is 1.30. The molecule has 2 heterocycles. The average molecular weight is 224 g/mol. The van der Waals surface area contributed by atoms with Crippen LogP contribution in [0.5, 0.6) is 0 Å². The molecule has 0 amide bonds. The molecule has 16 heavy (non-hydrogen) atoms. The molecule has 84 valence electrons. The minimum absolute atomic E-state index is 0.0334. The molecule has 0 aliphatic carbocycles. The first-order valence-corrected chi connectivity index (χ1v) is 4.24. The van der Waals surface area contributed by atoms with Crippen molar-refractivity contribution in [1.82, 2.24) is 19.5 Å². The van der Waals surface area contributed by atoms with Gasteiger partial charge in [-0.25, -0.2) is 14.3 Å². The molecule has 0 bridgehead atoms. The number of aromatic amines is 2. The molecule has 0 aliphatic rings. The zero-order chi connectivity index (χ0) is 11.9. The van der Waals surface area contributed by atoms with Crippen molar-refractivity contribution in [3.63, 3.8) is 0 Å². The summed E-state index contributed by atoms with van der Waals surface area (Å²) in [6.07, 6.45) is 1.86. The normalized spacial score (nSPS) is 11.9. The lowest BCUT2D eigenvalue weighted by Gasteiger charge is -2.17. The molecule has 0 fully saturated rings. The second-order valence-corrected chi connectivity index (χ2v) is 3.09. The Kier molecular flexibility index (Phi) is 2.04. The van der Waals surface area contributed by atoms with E-state index in [1.165, 1.54) is 6.33 Å². The van der Waals surface area contributed by atoms with Crippen molar-refractivity contribution in [3.8, 4) is 0 Å². The van der Waals surface area contributed by atoms with E-state index in [2.05, 4.69) is 21.5 Å². The van der Waals surface area contributed by atoms with Crippen LogP contribution in [0.4, 0.5) is 0 Å². The SMILES string of the molecule is C=CC(O)(O)n1c(=O)[nH]c2nc[nH]c2c1=O. The molecule has 0 unspecified atom stereocenters.